The van der Waals surface area contributed by atoms with Crippen molar-refractivity contribution in [2.24, 2.45) is 0 Å². The van der Waals surface area contributed by atoms with Crippen molar-refractivity contribution in [1.29, 1.82) is 0 Å². The average molecular weight is 1180 g/mol. The molecule has 0 spiro atoms. The van der Waals surface area contributed by atoms with Gasteiger partial charge in [-0.15, -0.1) is 41.4 Å². The smallest absolute Gasteiger partial charge is 0.135 e. The maximum absolute atomic E-state index is 6.85. The molecule has 6 heteroatoms. The van der Waals surface area contributed by atoms with Gasteiger partial charge in [0.25, 0.3) is 0 Å². The van der Waals surface area contributed by atoms with Crippen molar-refractivity contribution in [2.45, 2.75) is 69.2 Å². The van der Waals surface area contributed by atoms with Gasteiger partial charge in [-0.05, 0) is 110 Å². The van der Waals surface area contributed by atoms with Crippen LogP contribution in [-0.2, 0) is 42.8 Å². The molecular weight excluding hydrogens is 1120 g/mol. The molecule has 11 aromatic rings. The molecule has 0 unspecified atom stereocenters. The van der Waals surface area contributed by atoms with Crippen molar-refractivity contribution >= 4 is 38.9 Å². The number of nitrogens with zero attached hydrogens (tertiary/aromatic N) is 4. The van der Waals surface area contributed by atoms with Crippen LogP contribution in [0.1, 0.15) is 96.2 Å². The molecule has 77 heavy (non-hydrogen) atoms. The SMILES string of the molecule is Cc1cc(-n2c3[c-]c(Oc4[c-]c(N5[CH-]N(C67c8ccccc8C(c8ccccc86)C6(C)c8ccccc8C7(C)c7ccccc76)c6ccccc65)ccc4)ccc3c3ccccc32)ncc1-c1ccc(C(C)(C)C)cc1.[Pt]. The summed E-state index contributed by atoms with van der Waals surface area (Å²) in [6, 6.07) is 83.6. The van der Waals surface area contributed by atoms with E-state index in [1.54, 1.807) is 0 Å². The number of ether oxygens (including phenoxy) is 1. The Bertz CT molecular complexity index is 4110. The fourth-order valence-corrected chi connectivity index (χ4v) is 14.5. The van der Waals surface area contributed by atoms with Gasteiger partial charge in [-0.2, -0.15) is 18.8 Å². The van der Waals surface area contributed by atoms with Crippen LogP contribution in [0.5, 0.6) is 11.5 Å². The summed E-state index contributed by atoms with van der Waals surface area (Å²) in [7, 11) is 0. The third-order valence-corrected chi connectivity index (χ3v) is 17.8. The number of rotatable bonds is 6. The molecule has 6 aliphatic carbocycles. The van der Waals surface area contributed by atoms with Crippen LogP contribution in [0.2, 0.25) is 0 Å². The topological polar surface area (TPSA) is 33.5 Å². The third-order valence-electron chi connectivity index (χ3n) is 17.8. The van der Waals surface area contributed by atoms with E-state index in [1.807, 2.05) is 18.3 Å². The summed E-state index contributed by atoms with van der Waals surface area (Å²) in [4.78, 5) is 10.1. The van der Waals surface area contributed by atoms with E-state index in [4.69, 9.17) is 9.72 Å². The Hall–Kier alpha value is -7.98. The standard InChI is InChI=1S/C71H55N4O.Pt/c1-45-40-66(72-43-55(45)46-34-36-47(37-35-46)68(2,3)4)75-62-31-16-9-22-51(62)52-39-38-50(42-65(52)75)76-49-21-19-20-48(41-49)73-44-74(64-33-18-17-32-63(64)73)71-56-25-10-7-23-53(56)67(54-24-8-11-26-57(54)71)69(5)58-27-12-14-29-60(58)70(71,6)61-30-15-13-28-59(61)69;/h7-40,43-44,67H,1-6H3;/q-3;. The second-order valence-electron chi connectivity index (χ2n) is 22.7. The summed E-state index contributed by atoms with van der Waals surface area (Å²) in [5.74, 6) is 2.10. The first kappa shape index (κ1) is 47.5. The van der Waals surface area contributed by atoms with Gasteiger partial charge in [0, 0.05) is 78.0 Å². The summed E-state index contributed by atoms with van der Waals surface area (Å²) in [5.41, 5.74) is 19.2. The van der Waals surface area contributed by atoms with Gasteiger partial charge in [0.15, 0.2) is 0 Å². The van der Waals surface area contributed by atoms with Crippen LogP contribution in [0.25, 0.3) is 38.8 Å². The maximum Gasteiger partial charge on any atom is 0.135 e. The van der Waals surface area contributed by atoms with Crippen molar-refractivity contribution in [2.75, 3.05) is 9.80 Å². The molecule has 7 aliphatic rings. The first-order chi connectivity index (χ1) is 37.0. The van der Waals surface area contributed by atoms with Crippen LogP contribution in [0.3, 0.4) is 0 Å². The van der Waals surface area contributed by atoms with E-state index in [0.29, 0.717) is 11.5 Å². The van der Waals surface area contributed by atoms with Crippen LogP contribution in [0.15, 0.2) is 212 Å². The summed E-state index contributed by atoms with van der Waals surface area (Å²) in [6.45, 7) is 16.3. The number of aromatic nitrogens is 2. The molecule has 0 radical (unpaired) electrons. The fraction of sp³-hybridized carbons (Fsp3) is 0.155. The number of hydrogen-bond acceptors (Lipinski definition) is 4. The van der Waals surface area contributed by atoms with Gasteiger partial charge in [0.2, 0.25) is 0 Å². The molecule has 2 aromatic heterocycles. The largest absolute Gasteiger partial charge is 0.509 e. The Labute approximate surface area is 465 Å². The zero-order valence-corrected chi connectivity index (χ0v) is 46.1. The second kappa shape index (κ2) is 17.0. The molecule has 0 saturated carbocycles. The van der Waals surface area contributed by atoms with Crippen LogP contribution in [0.4, 0.5) is 17.1 Å². The van der Waals surface area contributed by atoms with Crippen molar-refractivity contribution in [1.82, 2.24) is 9.55 Å². The average Bonchev–Trinajstić information content (AvgIpc) is 3.02. The number of para-hydroxylation sites is 3. The van der Waals surface area contributed by atoms with Crippen molar-refractivity contribution in [3.05, 3.63) is 287 Å². The van der Waals surface area contributed by atoms with Gasteiger partial charge in [0.05, 0.1) is 5.54 Å². The normalized spacial score (nSPS) is 20.4. The number of hydrogen-bond donors (Lipinski definition) is 0. The molecule has 18 rings (SSSR count). The van der Waals surface area contributed by atoms with Gasteiger partial charge < -0.3 is 19.1 Å². The third kappa shape index (κ3) is 6.41. The van der Waals surface area contributed by atoms with E-state index in [9.17, 15) is 0 Å². The van der Waals surface area contributed by atoms with E-state index in [2.05, 4.69) is 269 Å². The second-order valence-corrected chi connectivity index (χ2v) is 22.7. The molecule has 0 fully saturated rings. The van der Waals surface area contributed by atoms with Crippen LogP contribution in [0, 0.1) is 25.7 Å². The minimum Gasteiger partial charge on any atom is -0.509 e. The van der Waals surface area contributed by atoms with Crippen molar-refractivity contribution < 1.29 is 25.8 Å². The first-order valence-corrected chi connectivity index (χ1v) is 26.6. The summed E-state index contributed by atoms with van der Waals surface area (Å²) in [5, 5.41) is 2.21. The summed E-state index contributed by atoms with van der Waals surface area (Å²) >= 11 is 0. The summed E-state index contributed by atoms with van der Waals surface area (Å²) < 4.78 is 9.07. The number of anilines is 3. The Balaban J connectivity index is 0.00000540. The number of fused-ring (bicyclic) bond motifs is 4. The van der Waals surface area contributed by atoms with Gasteiger partial charge >= 0.3 is 0 Å². The Morgan fingerprint density at radius 2 is 1.16 bits per heavy atom. The minimum atomic E-state index is -0.738. The van der Waals surface area contributed by atoms with Crippen LogP contribution in [-0.4, -0.2) is 9.55 Å². The summed E-state index contributed by atoms with van der Waals surface area (Å²) in [6.07, 6.45) is 2.01. The predicted octanol–water partition coefficient (Wildman–Crippen LogP) is 16.9. The molecule has 0 N–H and O–H groups in total. The number of benzene rings is 9. The molecule has 4 bridgehead atoms. The van der Waals surface area contributed by atoms with E-state index >= 15 is 0 Å². The number of pyridine rings is 1. The van der Waals surface area contributed by atoms with E-state index in [0.717, 1.165) is 61.4 Å². The van der Waals surface area contributed by atoms with Crippen molar-refractivity contribution in [3.8, 4) is 28.4 Å². The number of aryl methyl sites for hydroxylation is 1. The Kier molecular flexibility index (Phi) is 10.5. The molecule has 0 atom stereocenters. The Morgan fingerprint density at radius 3 is 1.82 bits per heavy atom. The van der Waals surface area contributed by atoms with Crippen molar-refractivity contribution in [3.63, 3.8) is 0 Å². The molecule has 3 heterocycles. The molecule has 0 saturated heterocycles. The van der Waals surface area contributed by atoms with Crippen LogP contribution < -0.4 is 14.5 Å². The molecular formula is C71H55N4OPt-3. The first-order valence-electron chi connectivity index (χ1n) is 26.6. The zero-order valence-electron chi connectivity index (χ0n) is 43.9. The van der Waals surface area contributed by atoms with E-state index in [1.165, 1.54) is 50.1 Å². The van der Waals surface area contributed by atoms with Gasteiger partial charge in [-0.1, -0.05) is 185 Å². The van der Waals surface area contributed by atoms with Gasteiger partial charge in [-0.3, -0.25) is 0 Å². The van der Waals surface area contributed by atoms with Gasteiger partial charge in [-0.25, -0.2) is 4.98 Å². The quantitative estimate of drug-likeness (QED) is 0.155. The monoisotopic (exact) mass is 1170 g/mol. The van der Waals surface area contributed by atoms with E-state index in [-0.39, 0.29) is 37.8 Å². The minimum absolute atomic E-state index is 0. The zero-order chi connectivity index (χ0) is 51.3. The molecule has 5 nitrogen and oxygen atoms in total. The molecule has 0 amide bonds. The fourth-order valence-electron chi connectivity index (χ4n) is 14.5. The molecule has 1 aliphatic heterocycles. The predicted molar refractivity (Wildman–Crippen MR) is 308 cm³/mol. The Morgan fingerprint density at radius 1 is 0.571 bits per heavy atom. The maximum atomic E-state index is 6.85. The molecule has 378 valence electrons. The molecule has 9 aromatic carbocycles. The van der Waals surface area contributed by atoms with Gasteiger partial charge in [0.1, 0.15) is 5.82 Å². The van der Waals surface area contributed by atoms with Crippen LogP contribution >= 0.6 is 0 Å². The van der Waals surface area contributed by atoms with E-state index < -0.39 is 11.0 Å².